The Morgan fingerprint density at radius 2 is 1.86 bits per heavy atom. The second-order valence-electron chi connectivity index (χ2n) is 7.15. The summed E-state index contributed by atoms with van der Waals surface area (Å²) in [4.78, 5) is 14.4. The lowest BCUT2D eigenvalue weighted by atomic mass is 10.0. The Labute approximate surface area is 174 Å². The molecule has 0 fully saturated rings. The van der Waals surface area contributed by atoms with Gasteiger partial charge in [-0.2, -0.15) is 4.68 Å². The van der Waals surface area contributed by atoms with Crippen molar-refractivity contribution in [3.05, 3.63) is 76.8 Å². The molecule has 2 heterocycles. The first-order valence-corrected chi connectivity index (χ1v) is 9.78. The standard InChI is InChI=1S/C21H21ClN6O/c1-14(2)23-20(29)13-27-18(15-6-4-3-5-7-15)12-19(28-21(27)24-25-26-28)16-8-10-17(22)11-9-16/h3-12,14,19H,13H2,1-2H3,(H,23,29)/t19-/m1/s1. The number of nitrogens with zero attached hydrogens (tertiary/aromatic N) is 5. The molecule has 3 aromatic rings. The van der Waals surface area contributed by atoms with Crippen LogP contribution in [0.25, 0.3) is 5.70 Å². The van der Waals surface area contributed by atoms with Crippen molar-refractivity contribution in [2.24, 2.45) is 0 Å². The number of hydrogen-bond donors (Lipinski definition) is 1. The van der Waals surface area contributed by atoms with Gasteiger partial charge in [-0.1, -0.05) is 59.2 Å². The third-order valence-corrected chi connectivity index (χ3v) is 4.87. The van der Waals surface area contributed by atoms with Gasteiger partial charge in [0.15, 0.2) is 0 Å². The summed E-state index contributed by atoms with van der Waals surface area (Å²) in [5.74, 6) is 0.423. The number of amides is 1. The van der Waals surface area contributed by atoms with Crippen LogP contribution in [-0.4, -0.2) is 38.7 Å². The van der Waals surface area contributed by atoms with Crippen LogP contribution in [0.4, 0.5) is 5.95 Å². The highest BCUT2D eigenvalue weighted by Crippen LogP contribution is 2.36. The van der Waals surface area contributed by atoms with Gasteiger partial charge in [0.1, 0.15) is 12.6 Å². The average Bonchev–Trinajstić information content (AvgIpc) is 3.19. The van der Waals surface area contributed by atoms with Gasteiger partial charge in [-0.05, 0) is 53.6 Å². The highest BCUT2D eigenvalue weighted by Gasteiger charge is 2.31. The Morgan fingerprint density at radius 1 is 1.14 bits per heavy atom. The van der Waals surface area contributed by atoms with Crippen molar-refractivity contribution >= 4 is 29.2 Å². The fourth-order valence-electron chi connectivity index (χ4n) is 3.39. The second-order valence-corrected chi connectivity index (χ2v) is 7.58. The molecule has 1 aliphatic heterocycles. The molecule has 0 saturated carbocycles. The zero-order chi connectivity index (χ0) is 20.4. The minimum atomic E-state index is -0.211. The lowest BCUT2D eigenvalue weighted by Gasteiger charge is -2.32. The minimum Gasteiger partial charge on any atom is -0.352 e. The maximum absolute atomic E-state index is 12.5. The number of benzene rings is 2. The smallest absolute Gasteiger partial charge is 0.251 e. The molecule has 0 spiro atoms. The highest BCUT2D eigenvalue weighted by atomic mass is 35.5. The molecule has 29 heavy (non-hydrogen) atoms. The van der Waals surface area contributed by atoms with Crippen LogP contribution >= 0.6 is 11.6 Å². The van der Waals surface area contributed by atoms with E-state index in [0.29, 0.717) is 11.0 Å². The number of aromatic nitrogens is 4. The second kappa shape index (κ2) is 8.05. The fraction of sp³-hybridized carbons (Fsp3) is 0.238. The van der Waals surface area contributed by atoms with Crippen LogP contribution in [0.1, 0.15) is 31.0 Å². The lowest BCUT2D eigenvalue weighted by Crippen LogP contribution is -2.42. The molecule has 1 atom stereocenters. The monoisotopic (exact) mass is 408 g/mol. The summed E-state index contributed by atoms with van der Waals surface area (Å²) >= 11 is 6.06. The molecule has 4 rings (SSSR count). The molecule has 2 aromatic carbocycles. The van der Waals surface area contributed by atoms with Gasteiger partial charge in [0.2, 0.25) is 5.91 Å². The van der Waals surface area contributed by atoms with Crippen LogP contribution in [0.2, 0.25) is 5.02 Å². The van der Waals surface area contributed by atoms with E-state index < -0.39 is 0 Å². The Balaban J connectivity index is 1.80. The molecule has 148 valence electrons. The van der Waals surface area contributed by atoms with E-state index in [1.54, 1.807) is 4.68 Å². The van der Waals surface area contributed by atoms with E-state index in [2.05, 4.69) is 26.9 Å². The highest BCUT2D eigenvalue weighted by molar-refractivity contribution is 6.30. The Bertz CT molecular complexity index is 1030. The van der Waals surface area contributed by atoms with Crippen LogP contribution in [0.15, 0.2) is 60.7 Å². The predicted molar refractivity (Wildman–Crippen MR) is 112 cm³/mol. The molecule has 1 aromatic heterocycles. The zero-order valence-electron chi connectivity index (χ0n) is 16.2. The number of anilines is 1. The van der Waals surface area contributed by atoms with Crippen molar-refractivity contribution < 1.29 is 4.79 Å². The summed E-state index contributed by atoms with van der Waals surface area (Å²) in [6, 6.07) is 17.4. The molecule has 7 nitrogen and oxygen atoms in total. The summed E-state index contributed by atoms with van der Waals surface area (Å²) in [7, 11) is 0. The number of fused-ring (bicyclic) bond motifs is 1. The molecule has 0 bridgehead atoms. The SMILES string of the molecule is CC(C)NC(=O)CN1C(c2ccccc2)=C[C@H](c2ccc(Cl)cc2)n2nnnc21. The molecule has 1 aliphatic rings. The maximum atomic E-state index is 12.5. The summed E-state index contributed by atoms with van der Waals surface area (Å²) in [5, 5.41) is 15.9. The van der Waals surface area contributed by atoms with Crippen molar-refractivity contribution in [1.82, 2.24) is 25.5 Å². The third kappa shape index (κ3) is 4.00. The van der Waals surface area contributed by atoms with Crippen molar-refractivity contribution in [2.45, 2.75) is 25.9 Å². The normalized spacial score (nSPS) is 15.8. The summed E-state index contributed by atoms with van der Waals surface area (Å²) < 4.78 is 1.72. The van der Waals surface area contributed by atoms with Crippen LogP contribution in [-0.2, 0) is 4.79 Å². The Morgan fingerprint density at radius 3 is 2.55 bits per heavy atom. The van der Waals surface area contributed by atoms with Crippen LogP contribution in [0.5, 0.6) is 0 Å². The largest absolute Gasteiger partial charge is 0.352 e. The van der Waals surface area contributed by atoms with Gasteiger partial charge in [0.05, 0.1) is 5.70 Å². The minimum absolute atomic E-state index is 0.0502. The maximum Gasteiger partial charge on any atom is 0.251 e. The molecule has 1 N–H and O–H groups in total. The molecule has 0 aliphatic carbocycles. The van der Waals surface area contributed by atoms with E-state index >= 15 is 0 Å². The van der Waals surface area contributed by atoms with Crippen LogP contribution in [0.3, 0.4) is 0 Å². The van der Waals surface area contributed by atoms with Gasteiger partial charge in [-0.15, -0.1) is 0 Å². The molecular weight excluding hydrogens is 388 g/mol. The van der Waals surface area contributed by atoms with E-state index in [9.17, 15) is 4.79 Å². The van der Waals surface area contributed by atoms with E-state index in [4.69, 9.17) is 11.6 Å². The number of nitrogens with one attached hydrogen (secondary N) is 1. The Hall–Kier alpha value is -3.19. The van der Waals surface area contributed by atoms with Gasteiger partial charge < -0.3 is 5.32 Å². The van der Waals surface area contributed by atoms with Gasteiger partial charge in [0, 0.05) is 11.1 Å². The van der Waals surface area contributed by atoms with Gasteiger partial charge in [0.25, 0.3) is 5.95 Å². The van der Waals surface area contributed by atoms with Crippen molar-refractivity contribution in [2.75, 3.05) is 11.4 Å². The van der Waals surface area contributed by atoms with E-state index in [1.165, 1.54) is 0 Å². The molecule has 0 saturated heterocycles. The zero-order valence-corrected chi connectivity index (χ0v) is 16.9. The predicted octanol–water partition coefficient (Wildman–Crippen LogP) is 3.30. The Kier molecular flexibility index (Phi) is 5.31. The number of carbonyl (C=O) groups is 1. The first-order chi connectivity index (χ1) is 14.0. The average molecular weight is 409 g/mol. The first kappa shape index (κ1) is 19.1. The van der Waals surface area contributed by atoms with Gasteiger partial charge >= 0.3 is 0 Å². The molecule has 0 unspecified atom stereocenters. The third-order valence-electron chi connectivity index (χ3n) is 4.62. The molecular formula is C21H21ClN6O. The lowest BCUT2D eigenvalue weighted by molar-refractivity contribution is -0.120. The molecule has 1 amide bonds. The topological polar surface area (TPSA) is 75.9 Å². The van der Waals surface area contributed by atoms with Crippen LogP contribution in [0, 0.1) is 0 Å². The number of carbonyl (C=O) groups excluding carboxylic acids is 1. The van der Waals surface area contributed by atoms with Crippen molar-refractivity contribution in [3.8, 4) is 0 Å². The van der Waals surface area contributed by atoms with Crippen LogP contribution < -0.4 is 10.2 Å². The van der Waals surface area contributed by atoms with Gasteiger partial charge in [-0.3, -0.25) is 9.69 Å². The quantitative estimate of drug-likeness (QED) is 0.701. The number of tetrazole rings is 1. The van der Waals surface area contributed by atoms with E-state index in [0.717, 1.165) is 16.8 Å². The number of hydrogen-bond acceptors (Lipinski definition) is 5. The number of halogens is 1. The first-order valence-electron chi connectivity index (χ1n) is 9.40. The fourth-order valence-corrected chi connectivity index (χ4v) is 3.52. The molecule has 0 radical (unpaired) electrons. The van der Waals surface area contributed by atoms with E-state index in [1.807, 2.05) is 73.3 Å². The summed E-state index contributed by atoms with van der Waals surface area (Å²) in [5.41, 5.74) is 2.87. The van der Waals surface area contributed by atoms with Crippen molar-refractivity contribution in [3.63, 3.8) is 0 Å². The van der Waals surface area contributed by atoms with E-state index in [-0.39, 0.29) is 24.5 Å². The summed E-state index contributed by atoms with van der Waals surface area (Å²) in [6.07, 6.45) is 2.07. The summed E-state index contributed by atoms with van der Waals surface area (Å²) in [6.45, 7) is 3.98. The number of allylic oxidation sites excluding steroid dienone is 1. The molecule has 8 heteroatoms. The van der Waals surface area contributed by atoms with Crippen molar-refractivity contribution in [1.29, 1.82) is 0 Å². The number of rotatable bonds is 5. The van der Waals surface area contributed by atoms with Gasteiger partial charge in [-0.25, -0.2) is 0 Å².